The fraction of sp³-hybridized carbons (Fsp3) is 0.355. The lowest BCUT2D eigenvalue weighted by atomic mass is 10.0. The third-order valence-electron chi connectivity index (χ3n) is 7.07. The molecule has 10 heteroatoms. The lowest BCUT2D eigenvalue weighted by molar-refractivity contribution is -0.140. The van der Waals surface area contributed by atoms with Crippen molar-refractivity contribution in [1.29, 1.82) is 0 Å². The summed E-state index contributed by atoms with van der Waals surface area (Å²) >= 11 is 12.4. The Labute approximate surface area is 253 Å². The topological polar surface area (TPSA) is 86.8 Å². The average Bonchev–Trinajstić information content (AvgIpc) is 2.92. The molecule has 0 spiro atoms. The van der Waals surface area contributed by atoms with Crippen molar-refractivity contribution in [2.24, 2.45) is 0 Å². The standard InChI is InChI=1S/C31H37Cl2N3O4S/c1-6-23(4)34-31(38)29(18-24-10-8-7-9-11-24)35(19-25-13-15-27(32)28(33)17-25)30(37)20-36(41(5,39)40)26-14-12-21(2)22(3)16-26/h7-17,23,29H,6,18-20H2,1-5H3,(H,34,38)/t23-,29-/m0/s1. The number of hydrogen-bond acceptors (Lipinski definition) is 4. The van der Waals surface area contributed by atoms with Gasteiger partial charge in [-0.05, 0) is 73.7 Å². The quantitative estimate of drug-likeness (QED) is 0.273. The van der Waals surface area contributed by atoms with Gasteiger partial charge >= 0.3 is 0 Å². The van der Waals surface area contributed by atoms with E-state index in [2.05, 4.69) is 5.32 Å². The van der Waals surface area contributed by atoms with Crippen LogP contribution in [0.4, 0.5) is 5.69 Å². The number of sulfonamides is 1. The first-order valence-corrected chi connectivity index (χ1v) is 16.0. The number of halogens is 2. The zero-order valence-corrected chi connectivity index (χ0v) is 26.4. The highest BCUT2D eigenvalue weighted by Gasteiger charge is 2.33. The van der Waals surface area contributed by atoms with Gasteiger partial charge in [0.1, 0.15) is 12.6 Å². The van der Waals surface area contributed by atoms with Crippen LogP contribution in [-0.2, 0) is 32.6 Å². The summed E-state index contributed by atoms with van der Waals surface area (Å²) in [5, 5.41) is 3.68. The third-order valence-corrected chi connectivity index (χ3v) is 8.95. The second-order valence-electron chi connectivity index (χ2n) is 10.3. The molecule has 0 radical (unpaired) electrons. The van der Waals surface area contributed by atoms with Gasteiger partial charge in [-0.3, -0.25) is 13.9 Å². The van der Waals surface area contributed by atoms with E-state index in [9.17, 15) is 18.0 Å². The molecule has 0 aliphatic carbocycles. The summed E-state index contributed by atoms with van der Waals surface area (Å²) in [5.74, 6) is -0.853. The molecule has 0 fully saturated rings. The Morgan fingerprint density at radius 1 is 0.902 bits per heavy atom. The van der Waals surface area contributed by atoms with Gasteiger partial charge in [-0.2, -0.15) is 0 Å². The van der Waals surface area contributed by atoms with E-state index < -0.39 is 28.5 Å². The lowest BCUT2D eigenvalue weighted by Gasteiger charge is -2.34. The predicted molar refractivity (Wildman–Crippen MR) is 167 cm³/mol. The van der Waals surface area contributed by atoms with Crippen LogP contribution in [0, 0.1) is 13.8 Å². The number of nitrogens with one attached hydrogen (secondary N) is 1. The molecule has 0 saturated heterocycles. The Kier molecular flexibility index (Phi) is 11.2. The Hall–Kier alpha value is -3.07. The second-order valence-corrected chi connectivity index (χ2v) is 13.1. The van der Waals surface area contributed by atoms with Crippen molar-refractivity contribution in [1.82, 2.24) is 10.2 Å². The maximum Gasteiger partial charge on any atom is 0.244 e. The third kappa shape index (κ3) is 8.96. The molecule has 7 nitrogen and oxygen atoms in total. The number of hydrogen-bond donors (Lipinski definition) is 1. The normalized spacial score (nSPS) is 12.9. The molecule has 0 heterocycles. The van der Waals surface area contributed by atoms with Crippen molar-refractivity contribution in [3.8, 4) is 0 Å². The molecular formula is C31H37Cl2N3O4S. The molecule has 3 aromatic carbocycles. The summed E-state index contributed by atoms with van der Waals surface area (Å²) < 4.78 is 27.0. The Morgan fingerprint density at radius 2 is 1.59 bits per heavy atom. The van der Waals surface area contributed by atoms with Crippen LogP contribution in [0.1, 0.15) is 42.5 Å². The molecule has 0 aliphatic heterocycles. The van der Waals surface area contributed by atoms with Crippen molar-refractivity contribution >= 4 is 50.7 Å². The number of nitrogens with zero attached hydrogens (tertiary/aromatic N) is 2. The minimum absolute atomic E-state index is 0.0195. The summed E-state index contributed by atoms with van der Waals surface area (Å²) in [6.07, 6.45) is 2.01. The zero-order chi connectivity index (χ0) is 30.3. The summed E-state index contributed by atoms with van der Waals surface area (Å²) in [6.45, 7) is 7.21. The molecule has 220 valence electrons. The van der Waals surface area contributed by atoms with Crippen molar-refractivity contribution in [2.45, 2.75) is 59.2 Å². The number of carbonyl (C=O) groups is 2. The number of benzene rings is 3. The fourth-order valence-electron chi connectivity index (χ4n) is 4.32. The zero-order valence-electron chi connectivity index (χ0n) is 24.0. The minimum Gasteiger partial charge on any atom is -0.352 e. The fourth-order valence-corrected chi connectivity index (χ4v) is 5.49. The first kappa shape index (κ1) is 32.4. The SMILES string of the molecule is CC[C@H](C)NC(=O)[C@H](Cc1ccccc1)N(Cc1ccc(Cl)c(Cl)c1)C(=O)CN(c1ccc(C)c(C)c1)S(C)(=O)=O. The monoisotopic (exact) mass is 617 g/mol. The molecule has 0 aliphatic rings. The van der Waals surface area contributed by atoms with E-state index in [4.69, 9.17) is 23.2 Å². The molecule has 2 amide bonds. The van der Waals surface area contributed by atoms with E-state index in [1.165, 1.54) is 4.90 Å². The Morgan fingerprint density at radius 3 is 2.17 bits per heavy atom. The molecule has 0 aromatic heterocycles. The highest BCUT2D eigenvalue weighted by atomic mass is 35.5. The van der Waals surface area contributed by atoms with Crippen LogP contribution >= 0.6 is 23.2 Å². The van der Waals surface area contributed by atoms with Crippen LogP contribution in [0.3, 0.4) is 0 Å². The van der Waals surface area contributed by atoms with E-state index in [1.54, 1.807) is 30.3 Å². The van der Waals surface area contributed by atoms with Crippen molar-refractivity contribution in [3.05, 3.63) is 99.0 Å². The number of amides is 2. The number of carbonyl (C=O) groups excluding carboxylic acids is 2. The number of rotatable bonds is 12. The van der Waals surface area contributed by atoms with Gasteiger partial charge in [0.25, 0.3) is 0 Å². The molecule has 0 saturated carbocycles. The summed E-state index contributed by atoms with van der Waals surface area (Å²) in [7, 11) is -3.84. The highest BCUT2D eigenvalue weighted by Crippen LogP contribution is 2.26. The van der Waals surface area contributed by atoms with Crippen LogP contribution < -0.4 is 9.62 Å². The van der Waals surface area contributed by atoms with Crippen LogP contribution in [0.5, 0.6) is 0 Å². The highest BCUT2D eigenvalue weighted by molar-refractivity contribution is 7.92. The van der Waals surface area contributed by atoms with E-state index in [-0.39, 0.29) is 24.9 Å². The average molecular weight is 619 g/mol. The van der Waals surface area contributed by atoms with Gasteiger partial charge in [-0.25, -0.2) is 8.42 Å². The molecule has 2 atom stereocenters. The van der Waals surface area contributed by atoms with E-state index in [0.29, 0.717) is 27.7 Å². The van der Waals surface area contributed by atoms with Gasteiger partial charge in [-0.15, -0.1) is 0 Å². The van der Waals surface area contributed by atoms with E-state index in [1.807, 2.05) is 64.1 Å². The van der Waals surface area contributed by atoms with Crippen molar-refractivity contribution < 1.29 is 18.0 Å². The number of aryl methyl sites for hydroxylation is 2. The van der Waals surface area contributed by atoms with Crippen LogP contribution in [0.2, 0.25) is 10.0 Å². The molecule has 1 N–H and O–H groups in total. The first-order chi connectivity index (χ1) is 19.3. The molecule has 41 heavy (non-hydrogen) atoms. The first-order valence-electron chi connectivity index (χ1n) is 13.4. The molecular weight excluding hydrogens is 581 g/mol. The number of anilines is 1. The smallest absolute Gasteiger partial charge is 0.244 e. The van der Waals surface area contributed by atoms with Crippen LogP contribution in [-0.4, -0.2) is 50.0 Å². The van der Waals surface area contributed by atoms with Crippen LogP contribution in [0.15, 0.2) is 66.7 Å². The van der Waals surface area contributed by atoms with Gasteiger partial charge in [-0.1, -0.05) is 72.6 Å². The lowest BCUT2D eigenvalue weighted by Crippen LogP contribution is -2.54. The largest absolute Gasteiger partial charge is 0.352 e. The van der Waals surface area contributed by atoms with Gasteiger partial charge in [0, 0.05) is 19.0 Å². The van der Waals surface area contributed by atoms with Crippen molar-refractivity contribution in [2.75, 3.05) is 17.1 Å². The summed E-state index contributed by atoms with van der Waals surface area (Å²) in [6, 6.07) is 18.6. The van der Waals surface area contributed by atoms with Gasteiger partial charge in [0.2, 0.25) is 21.8 Å². The molecule has 0 bridgehead atoms. The molecule has 0 unspecified atom stereocenters. The summed E-state index contributed by atoms with van der Waals surface area (Å²) in [4.78, 5) is 29.3. The molecule has 3 rings (SSSR count). The maximum absolute atomic E-state index is 14.2. The molecule has 3 aromatic rings. The van der Waals surface area contributed by atoms with E-state index in [0.717, 1.165) is 27.3 Å². The van der Waals surface area contributed by atoms with Crippen LogP contribution in [0.25, 0.3) is 0 Å². The second kappa shape index (κ2) is 14.2. The van der Waals surface area contributed by atoms with Crippen molar-refractivity contribution in [3.63, 3.8) is 0 Å². The minimum atomic E-state index is -3.84. The van der Waals surface area contributed by atoms with Gasteiger partial charge in [0.05, 0.1) is 22.0 Å². The Balaban J connectivity index is 2.09. The van der Waals surface area contributed by atoms with E-state index >= 15 is 0 Å². The summed E-state index contributed by atoms with van der Waals surface area (Å²) in [5.41, 5.74) is 3.78. The maximum atomic E-state index is 14.2. The van der Waals surface area contributed by atoms with Gasteiger partial charge < -0.3 is 10.2 Å². The predicted octanol–water partition coefficient (Wildman–Crippen LogP) is 5.93. The van der Waals surface area contributed by atoms with Gasteiger partial charge in [0.15, 0.2) is 0 Å². The Bertz CT molecular complexity index is 1480.